The Morgan fingerprint density at radius 2 is 2.19 bits per heavy atom. The van der Waals surface area contributed by atoms with Crippen molar-refractivity contribution in [1.82, 2.24) is 4.90 Å². The zero-order valence-electron chi connectivity index (χ0n) is 10.4. The van der Waals surface area contributed by atoms with E-state index in [0.29, 0.717) is 26.1 Å². The molecule has 1 aliphatic heterocycles. The second-order valence-corrected chi connectivity index (χ2v) is 4.85. The lowest BCUT2D eigenvalue weighted by atomic mass is 10.0. The maximum atomic E-state index is 11.8. The highest BCUT2D eigenvalue weighted by molar-refractivity contribution is 5.85. The predicted octanol–water partition coefficient (Wildman–Crippen LogP) is 1.17. The fourth-order valence-electron chi connectivity index (χ4n) is 2.06. The van der Waals surface area contributed by atoms with Crippen LogP contribution in [0.5, 0.6) is 0 Å². The molecule has 1 saturated heterocycles. The first-order valence-corrected chi connectivity index (χ1v) is 5.60. The van der Waals surface area contributed by atoms with Crippen LogP contribution in [0, 0.1) is 0 Å². The highest BCUT2D eigenvalue weighted by atomic mass is 35.5. The maximum absolute atomic E-state index is 11.8. The van der Waals surface area contributed by atoms with E-state index in [9.17, 15) is 4.79 Å². The average molecular weight is 251 g/mol. The van der Waals surface area contributed by atoms with E-state index in [1.165, 1.54) is 0 Å². The van der Waals surface area contributed by atoms with Crippen molar-refractivity contribution < 1.29 is 9.53 Å². The molecule has 1 atom stereocenters. The number of rotatable bonds is 3. The minimum absolute atomic E-state index is 0. The van der Waals surface area contributed by atoms with E-state index >= 15 is 0 Å². The molecule has 0 aromatic rings. The van der Waals surface area contributed by atoms with Gasteiger partial charge in [0.15, 0.2) is 0 Å². The molecule has 1 unspecified atom stereocenters. The third kappa shape index (κ3) is 4.68. The quantitative estimate of drug-likeness (QED) is 0.818. The van der Waals surface area contributed by atoms with Gasteiger partial charge >= 0.3 is 0 Å². The third-order valence-corrected chi connectivity index (χ3v) is 2.52. The Kier molecular flexibility index (Phi) is 6.30. The lowest BCUT2D eigenvalue weighted by Crippen LogP contribution is -2.53. The molecule has 16 heavy (non-hydrogen) atoms. The van der Waals surface area contributed by atoms with Crippen LogP contribution in [0.25, 0.3) is 0 Å². The van der Waals surface area contributed by atoms with Gasteiger partial charge in [-0.3, -0.25) is 4.79 Å². The fourth-order valence-corrected chi connectivity index (χ4v) is 2.06. The van der Waals surface area contributed by atoms with Crippen molar-refractivity contribution >= 4 is 18.3 Å². The van der Waals surface area contributed by atoms with Crippen LogP contribution < -0.4 is 5.73 Å². The molecule has 1 heterocycles. The Bertz CT molecular complexity index is 234. The van der Waals surface area contributed by atoms with Crippen molar-refractivity contribution in [2.24, 2.45) is 5.73 Å². The van der Waals surface area contributed by atoms with Crippen molar-refractivity contribution in [2.75, 3.05) is 19.6 Å². The zero-order chi connectivity index (χ0) is 11.5. The average Bonchev–Trinajstić information content (AvgIpc) is 2.10. The Balaban J connectivity index is 0.00000225. The van der Waals surface area contributed by atoms with Gasteiger partial charge in [0.2, 0.25) is 5.91 Å². The minimum Gasteiger partial charge on any atom is -0.369 e. The molecule has 5 heteroatoms. The molecule has 0 aromatic heterocycles. The summed E-state index contributed by atoms with van der Waals surface area (Å²) in [6.45, 7) is 8.00. The maximum Gasteiger partial charge on any atom is 0.222 e. The smallest absolute Gasteiger partial charge is 0.222 e. The van der Waals surface area contributed by atoms with Gasteiger partial charge in [0.25, 0.3) is 0 Å². The summed E-state index contributed by atoms with van der Waals surface area (Å²) in [4.78, 5) is 13.7. The topological polar surface area (TPSA) is 55.6 Å². The van der Waals surface area contributed by atoms with Gasteiger partial charge in [0.1, 0.15) is 0 Å². The number of halogens is 1. The summed E-state index contributed by atoms with van der Waals surface area (Å²) in [5, 5.41) is 0. The fraction of sp³-hybridized carbons (Fsp3) is 0.909. The molecule has 0 radical (unpaired) electrons. The number of nitrogens with two attached hydrogens (primary N) is 1. The molecule has 96 valence electrons. The van der Waals surface area contributed by atoms with E-state index in [2.05, 4.69) is 0 Å². The van der Waals surface area contributed by atoms with Crippen LogP contribution in [0.3, 0.4) is 0 Å². The van der Waals surface area contributed by atoms with Crippen LogP contribution >= 0.6 is 12.4 Å². The van der Waals surface area contributed by atoms with Crippen LogP contribution in [-0.4, -0.2) is 42.1 Å². The number of amides is 1. The van der Waals surface area contributed by atoms with Crippen molar-refractivity contribution in [1.29, 1.82) is 0 Å². The second-order valence-electron chi connectivity index (χ2n) is 4.85. The van der Waals surface area contributed by atoms with E-state index in [0.717, 1.165) is 6.42 Å². The van der Waals surface area contributed by atoms with Gasteiger partial charge in [-0.2, -0.15) is 0 Å². The van der Waals surface area contributed by atoms with Crippen LogP contribution in [0.1, 0.15) is 33.6 Å². The number of ether oxygens (including phenoxy) is 1. The highest BCUT2D eigenvalue weighted by Crippen LogP contribution is 2.21. The molecule has 1 rings (SSSR count). The first kappa shape index (κ1) is 15.7. The molecule has 0 bridgehead atoms. The molecule has 2 N–H and O–H groups in total. The van der Waals surface area contributed by atoms with Gasteiger partial charge in [0.05, 0.1) is 11.7 Å². The summed E-state index contributed by atoms with van der Waals surface area (Å²) in [5.74, 6) is 0.198. The Hall–Kier alpha value is -0.320. The number of hydrogen-bond acceptors (Lipinski definition) is 3. The number of carbonyl (C=O) groups is 1. The first-order chi connectivity index (χ1) is 6.94. The van der Waals surface area contributed by atoms with Gasteiger partial charge in [0, 0.05) is 19.5 Å². The van der Waals surface area contributed by atoms with E-state index < -0.39 is 0 Å². The lowest BCUT2D eigenvalue weighted by molar-refractivity contribution is -0.158. The van der Waals surface area contributed by atoms with Gasteiger partial charge in [-0.25, -0.2) is 0 Å². The van der Waals surface area contributed by atoms with Gasteiger partial charge in [-0.05, 0) is 33.7 Å². The summed E-state index contributed by atoms with van der Waals surface area (Å²) in [5.41, 5.74) is 5.17. The molecule has 0 aliphatic carbocycles. The molecule has 0 aromatic carbocycles. The van der Waals surface area contributed by atoms with Crippen molar-refractivity contribution in [3.05, 3.63) is 0 Å². The standard InChI is InChI=1S/C11H22N2O2.ClH/c1-9-7-13(8-11(2,3)15-9)10(14)5-4-6-12;/h9H,4-8,12H2,1-3H3;1H. The van der Waals surface area contributed by atoms with Crippen LogP contribution in [0.4, 0.5) is 0 Å². The molecular formula is C11H23ClN2O2. The molecule has 0 spiro atoms. The van der Waals surface area contributed by atoms with Crippen LogP contribution in [0.2, 0.25) is 0 Å². The SMILES string of the molecule is CC1CN(C(=O)CCCN)CC(C)(C)O1.Cl. The number of morpholine rings is 1. The van der Waals surface area contributed by atoms with Crippen LogP contribution in [0.15, 0.2) is 0 Å². The lowest BCUT2D eigenvalue weighted by Gasteiger charge is -2.41. The van der Waals surface area contributed by atoms with Gasteiger partial charge in [-0.15, -0.1) is 12.4 Å². The van der Waals surface area contributed by atoms with Crippen molar-refractivity contribution in [2.45, 2.75) is 45.3 Å². The molecule has 1 aliphatic rings. The number of hydrogen-bond donors (Lipinski definition) is 1. The zero-order valence-corrected chi connectivity index (χ0v) is 11.2. The second kappa shape index (κ2) is 6.42. The largest absolute Gasteiger partial charge is 0.369 e. The van der Waals surface area contributed by atoms with Crippen molar-refractivity contribution in [3.8, 4) is 0 Å². The number of nitrogens with zero attached hydrogens (tertiary/aromatic N) is 1. The molecule has 0 saturated carbocycles. The molecule has 1 amide bonds. The third-order valence-electron chi connectivity index (χ3n) is 2.52. The summed E-state index contributed by atoms with van der Waals surface area (Å²) < 4.78 is 5.74. The van der Waals surface area contributed by atoms with Crippen LogP contribution in [-0.2, 0) is 9.53 Å². The van der Waals surface area contributed by atoms with E-state index in [-0.39, 0.29) is 30.0 Å². The Morgan fingerprint density at radius 1 is 1.56 bits per heavy atom. The summed E-state index contributed by atoms with van der Waals surface area (Å²) in [7, 11) is 0. The van der Waals surface area contributed by atoms with E-state index in [4.69, 9.17) is 10.5 Å². The van der Waals surface area contributed by atoms with Gasteiger partial charge in [-0.1, -0.05) is 0 Å². The number of carbonyl (C=O) groups excluding carboxylic acids is 1. The Morgan fingerprint density at radius 3 is 2.69 bits per heavy atom. The summed E-state index contributed by atoms with van der Waals surface area (Å²) in [6, 6.07) is 0. The van der Waals surface area contributed by atoms with Crippen molar-refractivity contribution in [3.63, 3.8) is 0 Å². The van der Waals surface area contributed by atoms with Gasteiger partial charge < -0.3 is 15.4 Å². The predicted molar refractivity (Wildman–Crippen MR) is 66.7 cm³/mol. The molecule has 4 nitrogen and oxygen atoms in total. The van der Waals surface area contributed by atoms with E-state index in [1.54, 1.807) is 0 Å². The minimum atomic E-state index is -0.226. The molecular weight excluding hydrogens is 228 g/mol. The van der Waals surface area contributed by atoms with E-state index in [1.807, 2.05) is 25.7 Å². The first-order valence-electron chi connectivity index (χ1n) is 5.60. The Labute approximate surface area is 104 Å². The highest BCUT2D eigenvalue weighted by Gasteiger charge is 2.33. The molecule has 1 fully saturated rings. The summed E-state index contributed by atoms with van der Waals surface area (Å²) in [6.07, 6.45) is 1.44. The monoisotopic (exact) mass is 250 g/mol. The summed E-state index contributed by atoms with van der Waals surface area (Å²) >= 11 is 0. The normalized spacial score (nSPS) is 23.8.